The summed E-state index contributed by atoms with van der Waals surface area (Å²) in [6.45, 7) is 7.17. The van der Waals surface area contributed by atoms with Crippen LogP contribution in [0.5, 0.6) is 0 Å². The molecule has 1 aromatic rings. The maximum atomic E-state index is 11.6. The molecule has 112 valence electrons. The number of rotatable bonds is 6. The zero-order valence-corrected chi connectivity index (χ0v) is 13.0. The van der Waals surface area contributed by atoms with Crippen molar-refractivity contribution in [1.82, 2.24) is 4.90 Å². The van der Waals surface area contributed by atoms with Gasteiger partial charge in [0.2, 0.25) is 0 Å². The highest BCUT2D eigenvalue weighted by molar-refractivity contribution is 5.91. The van der Waals surface area contributed by atoms with E-state index in [4.69, 9.17) is 10.5 Å². The van der Waals surface area contributed by atoms with Crippen molar-refractivity contribution in [3.63, 3.8) is 0 Å². The summed E-state index contributed by atoms with van der Waals surface area (Å²) in [5.41, 5.74) is 7.83. The summed E-state index contributed by atoms with van der Waals surface area (Å²) in [6.07, 6.45) is 0. The first-order valence-electron chi connectivity index (χ1n) is 6.76. The van der Waals surface area contributed by atoms with E-state index in [1.165, 1.54) is 0 Å². The van der Waals surface area contributed by atoms with E-state index in [9.17, 15) is 4.79 Å². The van der Waals surface area contributed by atoms with E-state index in [0.29, 0.717) is 17.9 Å². The van der Waals surface area contributed by atoms with Crippen LogP contribution >= 0.6 is 0 Å². The van der Waals surface area contributed by atoms with Crippen molar-refractivity contribution < 1.29 is 9.53 Å². The molecule has 1 rings (SSSR count). The van der Waals surface area contributed by atoms with E-state index in [2.05, 4.69) is 24.1 Å². The SMILES string of the molecule is CCOC(=O)c1ccc(NCC(C)(C)N(C)C)c(N)c1. The minimum atomic E-state index is -0.348. The molecule has 0 fully saturated rings. The lowest BCUT2D eigenvalue weighted by Crippen LogP contribution is -2.44. The lowest BCUT2D eigenvalue weighted by molar-refractivity contribution is 0.0526. The van der Waals surface area contributed by atoms with Crippen molar-refractivity contribution in [3.05, 3.63) is 23.8 Å². The molecule has 0 amide bonds. The normalized spacial score (nSPS) is 11.5. The highest BCUT2D eigenvalue weighted by Crippen LogP contribution is 2.22. The number of carbonyl (C=O) groups is 1. The smallest absolute Gasteiger partial charge is 0.338 e. The van der Waals surface area contributed by atoms with Gasteiger partial charge in [-0.15, -0.1) is 0 Å². The van der Waals surface area contributed by atoms with Crippen LogP contribution in [0, 0.1) is 0 Å². The summed E-state index contributed by atoms with van der Waals surface area (Å²) in [5.74, 6) is -0.348. The van der Waals surface area contributed by atoms with Gasteiger partial charge in [-0.25, -0.2) is 4.79 Å². The van der Waals surface area contributed by atoms with Crippen LogP contribution in [-0.4, -0.2) is 43.7 Å². The minimum Gasteiger partial charge on any atom is -0.462 e. The van der Waals surface area contributed by atoms with Crippen molar-refractivity contribution in [3.8, 4) is 0 Å². The second-order valence-electron chi connectivity index (χ2n) is 5.58. The molecule has 5 nitrogen and oxygen atoms in total. The Labute approximate surface area is 121 Å². The first-order chi connectivity index (χ1) is 9.27. The molecule has 0 atom stereocenters. The van der Waals surface area contributed by atoms with Gasteiger partial charge in [-0.05, 0) is 53.1 Å². The molecule has 3 N–H and O–H groups in total. The molecular formula is C15H25N3O2. The largest absolute Gasteiger partial charge is 0.462 e. The maximum Gasteiger partial charge on any atom is 0.338 e. The summed E-state index contributed by atoms with van der Waals surface area (Å²) >= 11 is 0. The summed E-state index contributed by atoms with van der Waals surface area (Å²) < 4.78 is 4.95. The Kier molecular flexibility index (Phi) is 5.39. The van der Waals surface area contributed by atoms with Gasteiger partial charge in [0.25, 0.3) is 0 Å². The van der Waals surface area contributed by atoms with Gasteiger partial charge in [-0.2, -0.15) is 0 Å². The Hall–Kier alpha value is -1.75. The molecular weight excluding hydrogens is 254 g/mol. The van der Waals surface area contributed by atoms with E-state index in [1.807, 2.05) is 20.2 Å². The second kappa shape index (κ2) is 6.61. The van der Waals surface area contributed by atoms with Crippen LogP contribution < -0.4 is 11.1 Å². The van der Waals surface area contributed by atoms with Crippen LogP contribution in [0.25, 0.3) is 0 Å². The molecule has 0 bridgehead atoms. The van der Waals surface area contributed by atoms with Gasteiger partial charge < -0.3 is 20.7 Å². The number of carbonyl (C=O) groups excluding carboxylic acids is 1. The van der Waals surface area contributed by atoms with Crippen LogP contribution in [0.4, 0.5) is 11.4 Å². The molecule has 0 aliphatic rings. The Bertz CT molecular complexity index is 470. The number of anilines is 2. The Morgan fingerprint density at radius 3 is 2.55 bits per heavy atom. The monoisotopic (exact) mass is 279 g/mol. The quantitative estimate of drug-likeness (QED) is 0.617. The van der Waals surface area contributed by atoms with Gasteiger partial charge in [0.05, 0.1) is 23.5 Å². The molecule has 0 saturated heterocycles. The maximum absolute atomic E-state index is 11.6. The number of hydrogen-bond donors (Lipinski definition) is 2. The topological polar surface area (TPSA) is 67.6 Å². The minimum absolute atomic E-state index is 0.00620. The predicted molar refractivity (Wildman–Crippen MR) is 83.1 cm³/mol. The summed E-state index contributed by atoms with van der Waals surface area (Å²) in [4.78, 5) is 13.8. The van der Waals surface area contributed by atoms with Gasteiger partial charge in [0.1, 0.15) is 0 Å². The summed E-state index contributed by atoms with van der Waals surface area (Å²) in [5, 5.41) is 3.31. The Balaban J connectivity index is 2.77. The number of nitrogens with zero attached hydrogens (tertiary/aromatic N) is 1. The molecule has 0 spiro atoms. The van der Waals surface area contributed by atoms with Gasteiger partial charge in [-0.3, -0.25) is 0 Å². The molecule has 0 aliphatic heterocycles. The molecule has 0 unspecified atom stereocenters. The molecule has 0 aromatic heterocycles. The van der Waals surface area contributed by atoms with E-state index < -0.39 is 0 Å². The number of hydrogen-bond acceptors (Lipinski definition) is 5. The zero-order valence-electron chi connectivity index (χ0n) is 13.0. The lowest BCUT2D eigenvalue weighted by Gasteiger charge is -2.33. The van der Waals surface area contributed by atoms with Gasteiger partial charge in [0, 0.05) is 12.1 Å². The molecule has 1 aromatic carbocycles. The van der Waals surface area contributed by atoms with Crippen molar-refractivity contribution >= 4 is 17.3 Å². The van der Waals surface area contributed by atoms with Crippen molar-refractivity contribution in [2.45, 2.75) is 26.3 Å². The third kappa shape index (κ3) is 4.13. The Morgan fingerprint density at radius 2 is 2.05 bits per heavy atom. The van der Waals surface area contributed by atoms with Crippen molar-refractivity contribution in [2.24, 2.45) is 0 Å². The summed E-state index contributed by atoms with van der Waals surface area (Å²) in [6, 6.07) is 5.18. The van der Waals surface area contributed by atoms with Gasteiger partial charge in [-0.1, -0.05) is 0 Å². The number of likely N-dealkylation sites (N-methyl/N-ethyl adjacent to an activating group) is 1. The number of nitrogen functional groups attached to an aromatic ring is 1. The fourth-order valence-electron chi connectivity index (χ4n) is 1.53. The predicted octanol–water partition coefficient (Wildman–Crippen LogP) is 2.20. The Morgan fingerprint density at radius 1 is 1.40 bits per heavy atom. The number of benzene rings is 1. The number of nitrogens with two attached hydrogens (primary N) is 1. The molecule has 5 heteroatoms. The average molecular weight is 279 g/mol. The molecule has 0 radical (unpaired) electrons. The van der Waals surface area contributed by atoms with Crippen LogP contribution in [0.2, 0.25) is 0 Å². The van der Waals surface area contributed by atoms with Gasteiger partial charge >= 0.3 is 5.97 Å². The number of ether oxygens (including phenoxy) is 1. The van der Waals surface area contributed by atoms with Crippen LogP contribution in [-0.2, 0) is 4.74 Å². The first kappa shape index (κ1) is 16.3. The molecule has 20 heavy (non-hydrogen) atoms. The fraction of sp³-hybridized carbons (Fsp3) is 0.533. The van der Waals surface area contributed by atoms with Crippen LogP contribution in [0.1, 0.15) is 31.1 Å². The van der Waals surface area contributed by atoms with E-state index in [-0.39, 0.29) is 11.5 Å². The third-order valence-electron chi connectivity index (χ3n) is 3.48. The second-order valence-corrected chi connectivity index (χ2v) is 5.58. The van der Waals surface area contributed by atoms with E-state index >= 15 is 0 Å². The number of esters is 1. The molecule has 0 aliphatic carbocycles. The zero-order chi connectivity index (χ0) is 15.3. The van der Waals surface area contributed by atoms with E-state index in [1.54, 1.807) is 19.1 Å². The average Bonchev–Trinajstić information content (AvgIpc) is 2.37. The highest BCUT2D eigenvalue weighted by atomic mass is 16.5. The third-order valence-corrected chi connectivity index (χ3v) is 3.48. The van der Waals surface area contributed by atoms with E-state index in [0.717, 1.165) is 12.2 Å². The van der Waals surface area contributed by atoms with Crippen LogP contribution in [0.3, 0.4) is 0 Å². The molecule has 0 saturated carbocycles. The number of nitrogens with one attached hydrogen (secondary N) is 1. The van der Waals surface area contributed by atoms with Gasteiger partial charge in [0.15, 0.2) is 0 Å². The fourth-order valence-corrected chi connectivity index (χ4v) is 1.53. The van der Waals surface area contributed by atoms with Crippen molar-refractivity contribution in [1.29, 1.82) is 0 Å². The molecule has 0 heterocycles. The first-order valence-corrected chi connectivity index (χ1v) is 6.76. The van der Waals surface area contributed by atoms with Crippen molar-refractivity contribution in [2.75, 3.05) is 38.3 Å². The lowest BCUT2D eigenvalue weighted by atomic mass is 10.0. The highest BCUT2D eigenvalue weighted by Gasteiger charge is 2.20. The standard InChI is InChI=1S/C15H25N3O2/c1-6-20-14(19)11-7-8-13(12(16)9-11)17-10-15(2,3)18(4)5/h7-9,17H,6,10,16H2,1-5H3. The van der Waals surface area contributed by atoms with Crippen LogP contribution in [0.15, 0.2) is 18.2 Å². The summed E-state index contributed by atoms with van der Waals surface area (Å²) in [7, 11) is 4.07.